The number of rotatable bonds is 6. The lowest BCUT2D eigenvalue weighted by Gasteiger charge is -2.37. The van der Waals surface area contributed by atoms with Gasteiger partial charge in [-0.05, 0) is 12.1 Å². The predicted octanol–water partition coefficient (Wildman–Crippen LogP) is 2.47. The summed E-state index contributed by atoms with van der Waals surface area (Å²) in [6.45, 7) is -0.0698. The Morgan fingerprint density at radius 2 is 1.93 bits per heavy atom. The Labute approximate surface area is 161 Å². The van der Waals surface area contributed by atoms with E-state index < -0.39 is 40.7 Å². The zero-order valence-electron chi connectivity index (χ0n) is 14.6. The van der Waals surface area contributed by atoms with Crippen molar-refractivity contribution in [2.24, 2.45) is 5.92 Å². The number of likely N-dealkylation sites (tertiary alicyclic amines) is 1. The van der Waals surface area contributed by atoms with Crippen LogP contribution in [0.3, 0.4) is 0 Å². The molecule has 1 aromatic carbocycles. The van der Waals surface area contributed by atoms with E-state index >= 15 is 0 Å². The number of furan rings is 1. The maximum atomic E-state index is 12.4. The average Bonchev–Trinajstić information content (AvgIpc) is 3.08. The Morgan fingerprint density at radius 3 is 2.55 bits per heavy atom. The van der Waals surface area contributed by atoms with Crippen LogP contribution in [-0.2, 0) is 11.3 Å². The van der Waals surface area contributed by atoms with Gasteiger partial charge in [-0.1, -0.05) is 18.2 Å². The van der Waals surface area contributed by atoms with Gasteiger partial charge in [0.05, 0.1) is 12.0 Å². The fraction of sp³-hybridized carbons (Fsp3) is 0.294. The molecular weight excluding hydrogens is 399 g/mol. The Morgan fingerprint density at radius 1 is 1.24 bits per heavy atom. The van der Waals surface area contributed by atoms with Crippen molar-refractivity contribution in [2.45, 2.75) is 12.9 Å². The van der Waals surface area contributed by atoms with Crippen molar-refractivity contribution < 1.29 is 36.8 Å². The van der Waals surface area contributed by atoms with Crippen LogP contribution in [0.4, 0.5) is 19.1 Å². The first kappa shape index (κ1) is 20.2. The van der Waals surface area contributed by atoms with E-state index in [1.807, 2.05) is 0 Å². The van der Waals surface area contributed by atoms with E-state index in [1.165, 1.54) is 29.2 Å². The first-order valence-corrected chi connectivity index (χ1v) is 8.29. The van der Waals surface area contributed by atoms with Crippen LogP contribution in [-0.4, -0.2) is 41.1 Å². The van der Waals surface area contributed by atoms with Crippen LogP contribution in [0.25, 0.3) is 0 Å². The molecule has 0 spiro atoms. The molecule has 0 aliphatic carbocycles. The molecule has 29 heavy (non-hydrogen) atoms. The summed E-state index contributed by atoms with van der Waals surface area (Å²) in [4.78, 5) is 35.4. The number of carbonyl (C=O) groups excluding carboxylic acids is 2. The number of hydrogen-bond acceptors (Lipinski definition) is 6. The smallest absolute Gasteiger partial charge is 0.405 e. The second kappa shape index (κ2) is 7.81. The lowest BCUT2D eigenvalue weighted by Crippen LogP contribution is -2.55. The van der Waals surface area contributed by atoms with E-state index in [4.69, 9.17) is 4.42 Å². The van der Waals surface area contributed by atoms with Gasteiger partial charge in [0.15, 0.2) is 5.76 Å². The van der Waals surface area contributed by atoms with Gasteiger partial charge in [-0.25, -0.2) is 0 Å². The molecule has 0 atom stereocenters. The molecular formula is C17H14F3N3O6. The van der Waals surface area contributed by atoms with Crippen LogP contribution in [0.2, 0.25) is 0 Å². The Hall–Kier alpha value is -3.57. The fourth-order valence-corrected chi connectivity index (χ4v) is 2.71. The number of nitrogens with zero attached hydrogens (tertiary/aromatic N) is 2. The van der Waals surface area contributed by atoms with Crippen LogP contribution in [0.1, 0.15) is 16.1 Å². The highest BCUT2D eigenvalue weighted by Crippen LogP contribution is 2.27. The number of carbonyl (C=O) groups is 2. The van der Waals surface area contributed by atoms with Crippen LogP contribution in [0, 0.1) is 16.0 Å². The average molecular weight is 413 g/mol. The molecule has 2 amide bonds. The first-order valence-electron chi connectivity index (χ1n) is 8.29. The standard InChI is InChI=1S/C17H14F3N3O6/c18-17(19,20)29-12-4-2-1-3-10(12)7-21-15(24)11-8-22(9-11)16(25)13-5-6-14(28-13)23(26)27/h1-6,11H,7-9H2,(H,21,24). The number of para-hydroxylation sites is 1. The minimum Gasteiger partial charge on any atom is -0.405 e. The van der Waals surface area contributed by atoms with Gasteiger partial charge in [0.1, 0.15) is 10.7 Å². The molecule has 1 N–H and O–H groups in total. The molecule has 1 fully saturated rings. The zero-order valence-corrected chi connectivity index (χ0v) is 14.6. The van der Waals surface area contributed by atoms with E-state index in [1.54, 1.807) is 0 Å². The van der Waals surface area contributed by atoms with Crippen molar-refractivity contribution in [2.75, 3.05) is 13.1 Å². The predicted molar refractivity (Wildman–Crippen MR) is 89.7 cm³/mol. The largest absolute Gasteiger partial charge is 0.573 e. The van der Waals surface area contributed by atoms with E-state index in [0.29, 0.717) is 0 Å². The first-order chi connectivity index (χ1) is 13.6. The molecule has 0 bridgehead atoms. The monoisotopic (exact) mass is 413 g/mol. The minimum absolute atomic E-state index is 0.0554. The molecule has 1 aromatic heterocycles. The molecule has 2 aromatic rings. The molecule has 154 valence electrons. The Bertz CT molecular complexity index is 936. The number of hydrogen-bond donors (Lipinski definition) is 1. The Balaban J connectivity index is 1.51. The third-order valence-corrected chi connectivity index (χ3v) is 4.17. The molecule has 0 radical (unpaired) electrons. The van der Waals surface area contributed by atoms with Crippen LogP contribution >= 0.6 is 0 Å². The molecule has 1 saturated heterocycles. The summed E-state index contributed by atoms with van der Waals surface area (Å²) in [7, 11) is 0. The summed E-state index contributed by atoms with van der Waals surface area (Å²) in [5, 5.41) is 13.1. The van der Waals surface area contributed by atoms with Gasteiger partial charge in [-0.2, -0.15) is 0 Å². The van der Waals surface area contributed by atoms with Gasteiger partial charge in [-0.15, -0.1) is 13.2 Å². The summed E-state index contributed by atoms with van der Waals surface area (Å²) in [6, 6.07) is 7.64. The number of benzene rings is 1. The molecule has 1 aliphatic heterocycles. The van der Waals surface area contributed by atoms with Crippen LogP contribution in [0.15, 0.2) is 40.8 Å². The highest BCUT2D eigenvalue weighted by Gasteiger charge is 2.37. The fourth-order valence-electron chi connectivity index (χ4n) is 2.71. The molecule has 1 aliphatic rings. The van der Waals surface area contributed by atoms with Gasteiger partial charge in [0.25, 0.3) is 5.91 Å². The third kappa shape index (κ3) is 4.83. The van der Waals surface area contributed by atoms with Crippen LogP contribution in [0.5, 0.6) is 5.75 Å². The molecule has 2 heterocycles. The summed E-state index contributed by atoms with van der Waals surface area (Å²) >= 11 is 0. The normalized spacial score (nSPS) is 14.2. The number of amides is 2. The summed E-state index contributed by atoms with van der Waals surface area (Å²) in [5.74, 6) is -2.78. The summed E-state index contributed by atoms with van der Waals surface area (Å²) < 4.78 is 46.0. The molecule has 12 heteroatoms. The Kier molecular flexibility index (Phi) is 5.43. The number of ether oxygens (including phenoxy) is 1. The van der Waals surface area contributed by atoms with Crippen molar-refractivity contribution >= 4 is 17.7 Å². The highest BCUT2D eigenvalue weighted by molar-refractivity contribution is 5.94. The van der Waals surface area contributed by atoms with Gasteiger partial charge >= 0.3 is 12.2 Å². The summed E-state index contributed by atoms with van der Waals surface area (Å²) in [6.07, 6.45) is -4.85. The summed E-state index contributed by atoms with van der Waals surface area (Å²) in [5.41, 5.74) is 0.147. The van der Waals surface area contributed by atoms with E-state index in [-0.39, 0.29) is 31.0 Å². The van der Waals surface area contributed by atoms with E-state index in [9.17, 15) is 32.9 Å². The zero-order chi connectivity index (χ0) is 21.2. The van der Waals surface area contributed by atoms with Crippen molar-refractivity contribution in [3.8, 4) is 5.75 Å². The number of halogens is 3. The third-order valence-electron chi connectivity index (χ3n) is 4.17. The van der Waals surface area contributed by atoms with Gasteiger partial charge in [0, 0.05) is 25.2 Å². The second-order valence-electron chi connectivity index (χ2n) is 6.18. The van der Waals surface area contributed by atoms with Gasteiger partial charge < -0.3 is 19.4 Å². The lowest BCUT2D eigenvalue weighted by atomic mass is 9.98. The van der Waals surface area contributed by atoms with Crippen molar-refractivity contribution in [3.63, 3.8) is 0 Å². The topological polar surface area (TPSA) is 115 Å². The number of nitrogens with one attached hydrogen (secondary N) is 1. The number of alkyl halides is 3. The van der Waals surface area contributed by atoms with E-state index in [2.05, 4.69) is 10.1 Å². The molecule has 0 unspecified atom stereocenters. The maximum absolute atomic E-state index is 12.4. The van der Waals surface area contributed by atoms with Crippen molar-refractivity contribution in [1.29, 1.82) is 0 Å². The quantitative estimate of drug-likeness (QED) is 0.575. The SMILES string of the molecule is O=C(NCc1ccccc1OC(F)(F)F)C1CN(C(=O)c2ccc([N+](=O)[O-])o2)C1. The van der Waals surface area contributed by atoms with Gasteiger partial charge in [-0.3, -0.25) is 19.7 Å². The second-order valence-corrected chi connectivity index (χ2v) is 6.18. The van der Waals surface area contributed by atoms with Crippen molar-refractivity contribution in [3.05, 3.63) is 57.8 Å². The molecule has 3 rings (SSSR count). The van der Waals surface area contributed by atoms with Crippen LogP contribution < -0.4 is 10.1 Å². The van der Waals surface area contributed by atoms with E-state index in [0.717, 1.165) is 12.1 Å². The molecule has 0 saturated carbocycles. The van der Waals surface area contributed by atoms with Crippen molar-refractivity contribution in [1.82, 2.24) is 10.2 Å². The lowest BCUT2D eigenvalue weighted by molar-refractivity contribution is -0.402. The minimum atomic E-state index is -4.85. The number of nitro groups is 1. The maximum Gasteiger partial charge on any atom is 0.573 e. The molecule has 9 nitrogen and oxygen atoms in total. The van der Waals surface area contributed by atoms with Gasteiger partial charge in [0.2, 0.25) is 5.91 Å². The highest BCUT2D eigenvalue weighted by atomic mass is 19.4.